The zero-order valence-corrected chi connectivity index (χ0v) is 12.0. The highest BCUT2D eigenvalue weighted by Gasteiger charge is 2.12. The Morgan fingerprint density at radius 3 is 2.74 bits per heavy atom. The fraction of sp³-hybridized carbons (Fsp3) is 0.600. The molecule has 0 fully saturated rings. The van der Waals surface area contributed by atoms with Crippen molar-refractivity contribution < 1.29 is 14.9 Å². The molecule has 4 nitrogen and oxygen atoms in total. The summed E-state index contributed by atoms with van der Waals surface area (Å²) in [7, 11) is 0. The molecule has 0 aliphatic rings. The zero-order valence-electron chi connectivity index (χ0n) is 12.0. The highest BCUT2D eigenvalue weighted by Crippen LogP contribution is 2.26. The van der Waals surface area contributed by atoms with E-state index in [9.17, 15) is 5.11 Å². The van der Waals surface area contributed by atoms with Gasteiger partial charge in [0.2, 0.25) is 0 Å². The molecular formula is C15H25NO3. The second-order valence-electron chi connectivity index (χ2n) is 4.86. The normalized spacial score (nSPS) is 14.2. The fourth-order valence-corrected chi connectivity index (χ4v) is 1.85. The van der Waals surface area contributed by atoms with Crippen molar-refractivity contribution in [3.63, 3.8) is 0 Å². The molecule has 0 bridgehead atoms. The Kier molecular flexibility index (Phi) is 6.84. The number of ether oxygens (including phenoxy) is 1. The molecular weight excluding hydrogens is 242 g/mol. The van der Waals surface area contributed by atoms with Crippen molar-refractivity contribution in [1.29, 1.82) is 0 Å². The average Bonchev–Trinajstić information content (AvgIpc) is 2.42. The minimum absolute atomic E-state index is 0.104. The SMILES string of the molecule is CCCNC(C)c1cc(C)ccc1OCC(O)CO. The summed E-state index contributed by atoms with van der Waals surface area (Å²) >= 11 is 0. The smallest absolute Gasteiger partial charge is 0.124 e. The molecule has 0 saturated heterocycles. The van der Waals surface area contributed by atoms with Crippen LogP contribution >= 0.6 is 0 Å². The van der Waals surface area contributed by atoms with Crippen LogP contribution < -0.4 is 10.1 Å². The van der Waals surface area contributed by atoms with Gasteiger partial charge in [-0.05, 0) is 32.9 Å². The van der Waals surface area contributed by atoms with Crippen molar-refractivity contribution >= 4 is 0 Å². The molecule has 0 aromatic heterocycles. The summed E-state index contributed by atoms with van der Waals surface area (Å²) < 4.78 is 5.60. The lowest BCUT2D eigenvalue weighted by Crippen LogP contribution is -2.23. The lowest BCUT2D eigenvalue weighted by molar-refractivity contribution is 0.0531. The molecule has 0 amide bonds. The number of aliphatic hydroxyl groups excluding tert-OH is 2. The molecule has 1 rings (SSSR count). The van der Waals surface area contributed by atoms with Gasteiger partial charge in [-0.1, -0.05) is 24.6 Å². The van der Waals surface area contributed by atoms with Crippen LogP contribution in [0.2, 0.25) is 0 Å². The summed E-state index contributed by atoms with van der Waals surface area (Å²) in [4.78, 5) is 0. The van der Waals surface area contributed by atoms with Gasteiger partial charge in [-0.3, -0.25) is 0 Å². The number of benzene rings is 1. The molecule has 1 aromatic carbocycles. The van der Waals surface area contributed by atoms with Crippen molar-refractivity contribution in [2.75, 3.05) is 19.8 Å². The third-order valence-electron chi connectivity index (χ3n) is 2.97. The molecule has 2 unspecified atom stereocenters. The summed E-state index contributed by atoms with van der Waals surface area (Å²) in [6.45, 7) is 7.04. The van der Waals surface area contributed by atoms with E-state index in [2.05, 4.69) is 25.2 Å². The van der Waals surface area contributed by atoms with E-state index in [1.54, 1.807) is 0 Å². The number of rotatable bonds is 8. The number of hydrogen-bond donors (Lipinski definition) is 3. The van der Waals surface area contributed by atoms with Crippen molar-refractivity contribution in [1.82, 2.24) is 5.32 Å². The molecule has 19 heavy (non-hydrogen) atoms. The third-order valence-corrected chi connectivity index (χ3v) is 2.97. The minimum Gasteiger partial charge on any atom is -0.490 e. The van der Waals surface area contributed by atoms with Crippen molar-refractivity contribution in [3.8, 4) is 5.75 Å². The maximum absolute atomic E-state index is 9.35. The minimum atomic E-state index is -0.840. The summed E-state index contributed by atoms with van der Waals surface area (Å²) in [6, 6.07) is 6.19. The van der Waals surface area contributed by atoms with Gasteiger partial charge in [-0.2, -0.15) is 0 Å². The predicted octanol–water partition coefficient (Wildman–Crippen LogP) is 1.79. The highest BCUT2D eigenvalue weighted by atomic mass is 16.5. The molecule has 0 spiro atoms. The zero-order chi connectivity index (χ0) is 14.3. The van der Waals surface area contributed by atoms with Crippen LogP contribution in [0.4, 0.5) is 0 Å². The van der Waals surface area contributed by atoms with Gasteiger partial charge in [0, 0.05) is 11.6 Å². The van der Waals surface area contributed by atoms with Gasteiger partial charge in [0.25, 0.3) is 0 Å². The Labute approximate surface area is 115 Å². The summed E-state index contributed by atoms with van der Waals surface area (Å²) in [5, 5.41) is 21.6. The maximum Gasteiger partial charge on any atom is 0.124 e. The molecule has 4 heteroatoms. The summed E-state index contributed by atoms with van der Waals surface area (Å²) in [5.74, 6) is 0.759. The molecule has 2 atom stereocenters. The number of aliphatic hydroxyl groups is 2. The van der Waals surface area contributed by atoms with Crippen LogP contribution in [0.25, 0.3) is 0 Å². The topological polar surface area (TPSA) is 61.7 Å². The van der Waals surface area contributed by atoms with Crippen LogP contribution in [-0.4, -0.2) is 36.1 Å². The first-order valence-corrected chi connectivity index (χ1v) is 6.84. The van der Waals surface area contributed by atoms with Gasteiger partial charge in [-0.15, -0.1) is 0 Å². The van der Waals surface area contributed by atoms with Crippen LogP contribution in [0.15, 0.2) is 18.2 Å². The largest absolute Gasteiger partial charge is 0.490 e. The van der Waals surface area contributed by atoms with Crippen molar-refractivity contribution in [3.05, 3.63) is 29.3 Å². The molecule has 0 radical (unpaired) electrons. The van der Waals surface area contributed by atoms with Gasteiger partial charge in [0.15, 0.2) is 0 Å². The second kappa shape index (κ2) is 8.15. The first kappa shape index (κ1) is 16.0. The Morgan fingerprint density at radius 2 is 2.11 bits per heavy atom. The predicted molar refractivity (Wildman–Crippen MR) is 76.5 cm³/mol. The lowest BCUT2D eigenvalue weighted by Gasteiger charge is -2.19. The lowest BCUT2D eigenvalue weighted by atomic mass is 10.0. The summed E-state index contributed by atoms with van der Waals surface area (Å²) in [6.07, 6.45) is 0.239. The monoisotopic (exact) mass is 267 g/mol. The second-order valence-corrected chi connectivity index (χ2v) is 4.86. The van der Waals surface area contributed by atoms with E-state index in [0.717, 1.165) is 24.3 Å². The van der Waals surface area contributed by atoms with E-state index in [0.29, 0.717) is 0 Å². The first-order valence-electron chi connectivity index (χ1n) is 6.84. The summed E-state index contributed by atoms with van der Waals surface area (Å²) in [5.41, 5.74) is 2.26. The number of hydrogen-bond acceptors (Lipinski definition) is 4. The van der Waals surface area contributed by atoms with Gasteiger partial charge in [-0.25, -0.2) is 0 Å². The molecule has 0 heterocycles. The van der Waals surface area contributed by atoms with E-state index in [4.69, 9.17) is 9.84 Å². The van der Waals surface area contributed by atoms with Crippen LogP contribution in [0.5, 0.6) is 5.75 Å². The van der Waals surface area contributed by atoms with Crippen LogP contribution in [0, 0.1) is 6.92 Å². The van der Waals surface area contributed by atoms with E-state index in [1.165, 1.54) is 5.56 Å². The Bertz CT molecular complexity index is 382. The van der Waals surface area contributed by atoms with Gasteiger partial charge < -0.3 is 20.3 Å². The Balaban J connectivity index is 2.78. The van der Waals surface area contributed by atoms with Crippen molar-refractivity contribution in [2.45, 2.75) is 39.3 Å². The standard InChI is InChI=1S/C15H25NO3/c1-4-7-16-12(3)14-8-11(2)5-6-15(14)19-10-13(18)9-17/h5-6,8,12-13,16-18H,4,7,9-10H2,1-3H3. The van der Waals surface area contributed by atoms with E-state index < -0.39 is 6.10 Å². The van der Waals surface area contributed by atoms with Gasteiger partial charge >= 0.3 is 0 Å². The van der Waals surface area contributed by atoms with Crippen LogP contribution in [0.3, 0.4) is 0 Å². The van der Waals surface area contributed by atoms with Gasteiger partial charge in [0.1, 0.15) is 18.5 Å². The van der Waals surface area contributed by atoms with Crippen molar-refractivity contribution in [2.24, 2.45) is 0 Å². The van der Waals surface area contributed by atoms with Crippen LogP contribution in [-0.2, 0) is 0 Å². The highest BCUT2D eigenvalue weighted by molar-refractivity contribution is 5.39. The van der Waals surface area contributed by atoms with Crippen LogP contribution in [0.1, 0.15) is 37.4 Å². The first-order chi connectivity index (χ1) is 9.08. The van der Waals surface area contributed by atoms with E-state index >= 15 is 0 Å². The number of aryl methyl sites for hydroxylation is 1. The molecule has 108 valence electrons. The maximum atomic E-state index is 9.35. The quantitative estimate of drug-likeness (QED) is 0.672. The molecule has 3 N–H and O–H groups in total. The molecule has 0 aliphatic heterocycles. The Morgan fingerprint density at radius 1 is 1.37 bits per heavy atom. The fourth-order valence-electron chi connectivity index (χ4n) is 1.85. The Hall–Kier alpha value is -1.10. The molecule has 0 saturated carbocycles. The third kappa shape index (κ3) is 5.19. The average molecular weight is 267 g/mol. The van der Waals surface area contributed by atoms with Gasteiger partial charge in [0.05, 0.1) is 6.61 Å². The van der Waals surface area contributed by atoms with E-state index in [1.807, 2.05) is 19.1 Å². The van der Waals surface area contributed by atoms with E-state index in [-0.39, 0.29) is 19.3 Å². The molecule has 1 aromatic rings. The molecule has 0 aliphatic carbocycles. The number of nitrogens with one attached hydrogen (secondary N) is 1.